The van der Waals surface area contributed by atoms with Crippen LogP contribution in [0.5, 0.6) is 0 Å². The fourth-order valence-corrected chi connectivity index (χ4v) is 4.29. The van der Waals surface area contributed by atoms with Crippen molar-refractivity contribution in [2.75, 3.05) is 19.7 Å². The van der Waals surface area contributed by atoms with Crippen LogP contribution >= 0.6 is 0 Å². The van der Waals surface area contributed by atoms with Crippen LogP contribution in [-0.4, -0.2) is 36.3 Å². The van der Waals surface area contributed by atoms with E-state index >= 15 is 0 Å². The number of piperidine rings is 1. The predicted molar refractivity (Wildman–Crippen MR) is 87.6 cm³/mol. The summed E-state index contributed by atoms with van der Waals surface area (Å²) in [5.74, 6) is 0.764. The van der Waals surface area contributed by atoms with Crippen LogP contribution in [0.15, 0.2) is 5.16 Å². The van der Waals surface area contributed by atoms with Crippen LogP contribution in [0.4, 0.5) is 0 Å². The zero-order valence-corrected chi connectivity index (χ0v) is 13.6. The molecule has 0 N–H and O–H groups in total. The Balaban J connectivity index is 1.51. The van der Waals surface area contributed by atoms with Crippen molar-refractivity contribution in [3.05, 3.63) is 0 Å². The molecule has 3 rings (SSSR count). The number of rotatable bonds is 4. The summed E-state index contributed by atoms with van der Waals surface area (Å²) in [6.07, 6.45) is 16.2. The van der Waals surface area contributed by atoms with Gasteiger partial charge < -0.3 is 4.84 Å². The average molecular weight is 292 g/mol. The van der Waals surface area contributed by atoms with Crippen molar-refractivity contribution < 1.29 is 4.84 Å². The Kier molecular flexibility index (Phi) is 5.96. The summed E-state index contributed by atoms with van der Waals surface area (Å²) in [6, 6.07) is 0.588. The van der Waals surface area contributed by atoms with Crippen LogP contribution in [0.2, 0.25) is 0 Å². The minimum Gasteiger partial charge on any atom is -0.396 e. The molecule has 0 amide bonds. The molecule has 2 saturated carbocycles. The first-order chi connectivity index (χ1) is 10.4. The summed E-state index contributed by atoms with van der Waals surface area (Å²) < 4.78 is 0. The molecule has 0 radical (unpaired) electrons. The van der Waals surface area contributed by atoms with Crippen molar-refractivity contribution in [3.8, 4) is 0 Å². The Bertz CT molecular complexity index is 330. The lowest BCUT2D eigenvalue weighted by Crippen LogP contribution is -2.45. The Labute approximate surface area is 130 Å². The quantitative estimate of drug-likeness (QED) is 0.719. The molecule has 3 heteroatoms. The Morgan fingerprint density at radius 1 is 0.857 bits per heavy atom. The zero-order chi connectivity index (χ0) is 14.3. The van der Waals surface area contributed by atoms with Gasteiger partial charge in [-0.3, -0.25) is 4.90 Å². The van der Waals surface area contributed by atoms with Gasteiger partial charge in [-0.05, 0) is 64.0 Å². The average Bonchev–Trinajstić information content (AvgIpc) is 2.57. The number of nitrogens with zero attached hydrogens (tertiary/aromatic N) is 2. The van der Waals surface area contributed by atoms with Gasteiger partial charge in [-0.1, -0.05) is 37.3 Å². The van der Waals surface area contributed by atoms with Gasteiger partial charge in [-0.25, -0.2) is 0 Å². The van der Waals surface area contributed by atoms with E-state index in [1.54, 1.807) is 0 Å². The minimum atomic E-state index is 0.588. The summed E-state index contributed by atoms with van der Waals surface area (Å²) in [7, 11) is 0. The van der Waals surface area contributed by atoms with Gasteiger partial charge in [0.25, 0.3) is 0 Å². The number of oxime groups is 1. The smallest absolute Gasteiger partial charge is 0.120 e. The highest BCUT2D eigenvalue weighted by atomic mass is 16.6. The minimum absolute atomic E-state index is 0.588. The van der Waals surface area contributed by atoms with Crippen molar-refractivity contribution in [3.63, 3.8) is 0 Å². The Morgan fingerprint density at radius 2 is 1.57 bits per heavy atom. The molecule has 1 saturated heterocycles. The first-order valence-electron chi connectivity index (χ1n) is 9.36. The normalized spacial score (nSPS) is 31.4. The van der Waals surface area contributed by atoms with Gasteiger partial charge in [-0.2, -0.15) is 0 Å². The highest BCUT2D eigenvalue weighted by molar-refractivity contribution is 5.89. The van der Waals surface area contributed by atoms with Crippen molar-refractivity contribution in [2.24, 2.45) is 11.1 Å². The molecule has 0 aromatic rings. The van der Waals surface area contributed by atoms with Crippen LogP contribution in [-0.2, 0) is 4.84 Å². The number of hydrogen-bond donors (Lipinski definition) is 0. The maximum Gasteiger partial charge on any atom is 0.120 e. The zero-order valence-electron chi connectivity index (χ0n) is 13.6. The molecule has 21 heavy (non-hydrogen) atoms. The van der Waals surface area contributed by atoms with Gasteiger partial charge in [0.1, 0.15) is 6.61 Å². The van der Waals surface area contributed by atoms with E-state index in [1.165, 1.54) is 89.4 Å². The summed E-state index contributed by atoms with van der Waals surface area (Å²) in [5, 5.41) is 4.61. The van der Waals surface area contributed by atoms with E-state index in [0.29, 0.717) is 6.04 Å². The van der Waals surface area contributed by atoms with E-state index in [2.05, 4.69) is 10.1 Å². The van der Waals surface area contributed by atoms with E-state index in [-0.39, 0.29) is 0 Å². The lowest BCUT2D eigenvalue weighted by Gasteiger charge is -2.37. The summed E-state index contributed by atoms with van der Waals surface area (Å²) in [6.45, 7) is 3.40. The van der Waals surface area contributed by atoms with E-state index in [0.717, 1.165) is 18.9 Å². The Hall–Kier alpha value is -0.570. The predicted octanol–water partition coefficient (Wildman–Crippen LogP) is 4.37. The second-order valence-electron chi connectivity index (χ2n) is 7.24. The maximum absolute atomic E-state index is 5.79. The first kappa shape index (κ1) is 15.3. The fraction of sp³-hybridized carbons (Fsp3) is 0.944. The SMILES string of the molecule is C1CCC(CON=C2CCCCC2N2CCCCC2)CC1. The molecule has 3 nitrogen and oxygen atoms in total. The topological polar surface area (TPSA) is 24.8 Å². The van der Waals surface area contributed by atoms with Crippen LogP contribution in [0, 0.1) is 5.92 Å². The molecule has 1 aliphatic heterocycles. The van der Waals surface area contributed by atoms with Crippen LogP contribution in [0.1, 0.15) is 77.0 Å². The lowest BCUT2D eigenvalue weighted by atomic mass is 9.90. The molecule has 0 aromatic carbocycles. The van der Waals surface area contributed by atoms with Crippen molar-refractivity contribution in [1.82, 2.24) is 4.90 Å². The number of likely N-dealkylation sites (tertiary alicyclic amines) is 1. The highest BCUT2D eigenvalue weighted by Gasteiger charge is 2.28. The molecule has 3 fully saturated rings. The van der Waals surface area contributed by atoms with Gasteiger partial charge >= 0.3 is 0 Å². The van der Waals surface area contributed by atoms with Crippen LogP contribution in [0.3, 0.4) is 0 Å². The third kappa shape index (κ3) is 4.45. The molecule has 1 unspecified atom stereocenters. The fourth-order valence-electron chi connectivity index (χ4n) is 4.29. The summed E-state index contributed by atoms with van der Waals surface area (Å²) >= 11 is 0. The monoisotopic (exact) mass is 292 g/mol. The molecule has 1 heterocycles. The number of hydrogen-bond acceptors (Lipinski definition) is 3. The van der Waals surface area contributed by atoms with Crippen LogP contribution < -0.4 is 0 Å². The largest absolute Gasteiger partial charge is 0.396 e. The van der Waals surface area contributed by atoms with Crippen molar-refractivity contribution in [1.29, 1.82) is 0 Å². The van der Waals surface area contributed by atoms with Gasteiger partial charge in [-0.15, -0.1) is 0 Å². The second-order valence-corrected chi connectivity index (χ2v) is 7.24. The third-order valence-electron chi connectivity index (χ3n) is 5.59. The highest BCUT2D eigenvalue weighted by Crippen LogP contribution is 2.26. The van der Waals surface area contributed by atoms with Gasteiger partial charge in [0.05, 0.1) is 11.8 Å². The standard InChI is InChI=1S/C18H32N2O/c1-3-9-16(10-4-1)15-21-19-17-11-5-6-12-18(17)20-13-7-2-8-14-20/h16,18H,1-15H2. The third-order valence-corrected chi connectivity index (χ3v) is 5.59. The molecule has 1 atom stereocenters. The van der Waals surface area contributed by atoms with E-state index in [4.69, 9.17) is 4.84 Å². The van der Waals surface area contributed by atoms with Crippen LogP contribution in [0.25, 0.3) is 0 Å². The van der Waals surface area contributed by atoms with Crippen molar-refractivity contribution in [2.45, 2.75) is 83.1 Å². The second kappa shape index (κ2) is 8.17. The molecule has 0 bridgehead atoms. The summed E-state index contributed by atoms with van der Waals surface area (Å²) in [4.78, 5) is 8.47. The first-order valence-corrected chi connectivity index (χ1v) is 9.36. The van der Waals surface area contributed by atoms with Crippen molar-refractivity contribution >= 4 is 5.71 Å². The molecule has 3 aliphatic rings. The van der Waals surface area contributed by atoms with Gasteiger partial charge in [0.2, 0.25) is 0 Å². The molecule has 0 spiro atoms. The molecular formula is C18H32N2O. The summed E-state index contributed by atoms with van der Waals surface area (Å²) in [5.41, 5.74) is 1.35. The lowest BCUT2D eigenvalue weighted by molar-refractivity contribution is 0.0868. The molecule has 120 valence electrons. The van der Waals surface area contributed by atoms with E-state index in [1.807, 2.05) is 0 Å². The molecule has 2 aliphatic carbocycles. The van der Waals surface area contributed by atoms with Gasteiger partial charge in [0.15, 0.2) is 0 Å². The molecule has 0 aromatic heterocycles. The molecular weight excluding hydrogens is 260 g/mol. The van der Waals surface area contributed by atoms with Gasteiger partial charge in [0, 0.05) is 0 Å². The van der Waals surface area contributed by atoms with E-state index < -0.39 is 0 Å². The maximum atomic E-state index is 5.79. The van der Waals surface area contributed by atoms with E-state index in [9.17, 15) is 0 Å². The Morgan fingerprint density at radius 3 is 2.38 bits per heavy atom.